The van der Waals surface area contributed by atoms with Crippen molar-refractivity contribution in [3.05, 3.63) is 0 Å². The maximum Gasteiger partial charge on any atom is 0.199 e. The summed E-state index contributed by atoms with van der Waals surface area (Å²) in [6.07, 6.45) is 7.31. The minimum absolute atomic E-state index is 0.0521. The number of rotatable bonds is 0. The largest absolute Gasteiger partial charge is 0.338 e. The third kappa shape index (κ3) is 1.37. The molecule has 1 aliphatic carbocycles. The Morgan fingerprint density at radius 3 is 2.87 bits per heavy atom. The molecule has 0 aromatic rings. The van der Waals surface area contributed by atoms with Gasteiger partial charge in [0.25, 0.3) is 0 Å². The summed E-state index contributed by atoms with van der Waals surface area (Å²) in [5.41, 5.74) is -0.0521. The van der Waals surface area contributed by atoms with E-state index in [-0.39, 0.29) is 11.7 Å². The Kier molecular flexibility index (Phi) is 2.14. The zero-order valence-electron chi connectivity index (χ0n) is 9.62. The first kappa shape index (κ1) is 10.1. The van der Waals surface area contributed by atoms with E-state index in [0.29, 0.717) is 5.92 Å². The van der Waals surface area contributed by atoms with Gasteiger partial charge in [0.1, 0.15) is 11.7 Å². The van der Waals surface area contributed by atoms with Crippen LogP contribution in [0, 0.1) is 5.92 Å². The van der Waals surface area contributed by atoms with E-state index in [1.54, 1.807) is 0 Å². The van der Waals surface area contributed by atoms with Crippen molar-refractivity contribution in [2.24, 2.45) is 5.92 Å². The molecule has 0 aromatic carbocycles. The molecule has 3 fully saturated rings. The Labute approximate surface area is 91.0 Å². The molecule has 2 heterocycles. The number of hydrogen-bond donors (Lipinski definition) is 0. The Hall–Kier alpha value is -0.120. The molecule has 2 unspecified atom stereocenters. The van der Waals surface area contributed by atoms with E-state index in [2.05, 4.69) is 6.92 Å². The normalized spacial score (nSPS) is 54.8. The van der Waals surface area contributed by atoms with E-state index in [9.17, 15) is 0 Å². The molecule has 1 saturated carbocycles. The summed E-state index contributed by atoms with van der Waals surface area (Å²) in [7, 11) is 0. The van der Waals surface area contributed by atoms with Gasteiger partial charge in [0.15, 0.2) is 5.79 Å². The Morgan fingerprint density at radius 2 is 2.00 bits per heavy atom. The van der Waals surface area contributed by atoms with Crippen molar-refractivity contribution in [1.29, 1.82) is 0 Å². The molecule has 0 aromatic heterocycles. The van der Waals surface area contributed by atoms with Crippen LogP contribution in [0.15, 0.2) is 0 Å². The van der Waals surface area contributed by atoms with E-state index in [4.69, 9.17) is 14.5 Å². The second-order valence-corrected chi connectivity index (χ2v) is 5.49. The van der Waals surface area contributed by atoms with Crippen LogP contribution < -0.4 is 0 Å². The van der Waals surface area contributed by atoms with E-state index in [0.717, 1.165) is 12.8 Å². The van der Waals surface area contributed by atoms with Gasteiger partial charge >= 0.3 is 0 Å². The quantitative estimate of drug-likeness (QED) is 0.578. The fraction of sp³-hybridized carbons (Fsp3) is 1.00. The fourth-order valence-corrected chi connectivity index (χ4v) is 3.59. The highest BCUT2D eigenvalue weighted by Crippen LogP contribution is 2.52. The highest BCUT2D eigenvalue weighted by molar-refractivity contribution is 5.01. The molecule has 1 spiro atoms. The summed E-state index contributed by atoms with van der Waals surface area (Å²) >= 11 is 0. The highest BCUT2D eigenvalue weighted by Gasteiger charge is 2.58. The van der Waals surface area contributed by atoms with E-state index < -0.39 is 5.79 Å². The molecule has 86 valence electrons. The van der Waals surface area contributed by atoms with Crippen LogP contribution in [0.4, 0.5) is 0 Å². The number of hydrogen-bond acceptors (Lipinski definition) is 3. The Bertz CT molecular complexity index is 268. The van der Waals surface area contributed by atoms with Gasteiger partial charge in [-0.2, -0.15) is 0 Å². The average molecular weight is 212 g/mol. The molecule has 0 N–H and O–H groups in total. The topological polar surface area (TPSA) is 27.7 Å². The van der Waals surface area contributed by atoms with Gasteiger partial charge in [-0.1, -0.05) is 12.8 Å². The van der Waals surface area contributed by atoms with Crippen LogP contribution in [-0.2, 0) is 14.5 Å². The average Bonchev–Trinajstić information content (AvgIpc) is 2.24. The Balaban J connectivity index is 1.93. The van der Waals surface area contributed by atoms with Gasteiger partial charge in [-0.05, 0) is 39.0 Å². The molecular weight excluding hydrogens is 192 g/mol. The molecule has 3 heteroatoms. The molecule has 4 atom stereocenters. The van der Waals surface area contributed by atoms with Crippen molar-refractivity contribution in [1.82, 2.24) is 0 Å². The number of ether oxygens (including phenoxy) is 1. The lowest BCUT2D eigenvalue weighted by atomic mass is 9.68. The first-order valence-corrected chi connectivity index (χ1v) is 6.19. The molecule has 15 heavy (non-hydrogen) atoms. The van der Waals surface area contributed by atoms with Crippen LogP contribution in [0.3, 0.4) is 0 Å². The summed E-state index contributed by atoms with van der Waals surface area (Å²) in [6.45, 7) is 4.09. The van der Waals surface area contributed by atoms with E-state index in [1.807, 2.05) is 6.92 Å². The standard InChI is InChI=1S/C12H20O3/c1-9-12-7-4-3-5-10(12)6-8-11(2,14-12)15-13-9/h9-10H,3-8H2,1-2H3/t9?,10-,11?,12+/m1/s1. The van der Waals surface area contributed by atoms with Crippen molar-refractivity contribution in [3.8, 4) is 0 Å². The van der Waals surface area contributed by atoms with Crippen molar-refractivity contribution in [2.45, 2.75) is 69.9 Å². The minimum Gasteiger partial charge on any atom is -0.338 e. The lowest BCUT2D eigenvalue weighted by molar-refractivity contribution is -0.535. The second-order valence-electron chi connectivity index (χ2n) is 5.49. The molecule has 2 bridgehead atoms. The third-order valence-corrected chi connectivity index (χ3v) is 4.47. The SMILES string of the molecule is CC1OOC2(C)CC[C@H]3CCCC[C@]13O2. The third-order valence-electron chi connectivity index (χ3n) is 4.47. The second kappa shape index (κ2) is 3.19. The van der Waals surface area contributed by atoms with Gasteiger partial charge < -0.3 is 4.74 Å². The fourth-order valence-electron chi connectivity index (χ4n) is 3.59. The van der Waals surface area contributed by atoms with Gasteiger partial charge in [-0.3, -0.25) is 0 Å². The maximum atomic E-state index is 6.27. The van der Waals surface area contributed by atoms with Gasteiger partial charge in [0.2, 0.25) is 0 Å². The molecule has 3 rings (SSSR count). The summed E-state index contributed by atoms with van der Waals surface area (Å²) in [5.74, 6) is 0.193. The molecule has 3 aliphatic rings. The van der Waals surface area contributed by atoms with Crippen LogP contribution in [0.1, 0.15) is 52.4 Å². The molecule has 3 nitrogen and oxygen atoms in total. The summed E-state index contributed by atoms with van der Waals surface area (Å²) in [4.78, 5) is 10.9. The minimum atomic E-state index is -0.486. The Morgan fingerprint density at radius 1 is 1.13 bits per heavy atom. The van der Waals surface area contributed by atoms with Crippen LogP contribution in [0.5, 0.6) is 0 Å². The summed E-state index contributed by atoms with van der Waals surface area (Å²) in [6, 6.07) is 0. The van der Waals surface area contributed by atoms with Gasteiger partial charge in [0.05, 0.1) is 0 Å². The first-order valence-electron chi connectivity index (χ1n) is 6.19. The molecule has 2 aliphatic heterocycles. The highest BCUT2D eigenvalue weighted by atomic mass is 17.2. The molecular formula is C12H20O3. The summed E-state index contributed by atoms with van der Waals surface area (Å²) in [5, 5.41) is 0. The van der Waals surface area contributed by atoms with Crippen molar-refractivity contribution < 1.29 is 14.5 Å². The van der Waals surface area contributed by atoms with Crippen LogP contribution in [0.2, 0.25) is 0 Å². The lowest BCUT2D eigenvalue weighted by Gasteiger charge is -2.57. The van der Waals surface area contributed by atoms with E-state index in [1.165, 1.54) is 25.7 Å². The molecule has 2 saturated heterocycles. The summed E-state index contributed by atoms with van der Waals surface area (Å²) < 4.78 is 6.27. The van der Waals surface area contributed by atoms with Crippen molar-refractivity contribution in [3.63, 3.8) is 0 Å². The smallest absolute Gasteiger partial charge is 0.199 e. The van der Waals surface area contributed by atoms with Gasteiger partial charge in [-0.25, -0.2) is 9.78 Å². The predicted octanol–water partition coefficient (Wildman–Crippen LogP) is 2.79. The van der Waals surface area contributed by atoms with Crippen molar-refractivity contribution >= 4 is 0 Å². The molecule has 0 radical (unpaired) electrons. The lowest BCUT2D eigenvalue weighted by Crippen LogP contribution is -2.64. The zero-order chi connectivity index (χ0) is 10.5. The predicted molar refractivity (Wildman–Crippen MR) is 55.0 cm³/mol. The van der Waals surface area contributed by atoms with Crippen LogP contribution >= 0.6 is 0 Å². The van der Waals surface area contributed by atoms with Gasteiger partial charge in [-0.15, -0.1) is 0 Å². The monoisotopic (exact) mass is 212 g/mol. The van der Waals surface area contributed by atoms with Crippen molar-refractivity contribution in [2.75, 3.05) is 0 Å². The molecule has 0 amide bonds. The van der Waals surface area contributed by atoms with E-state index >= 15 is 0 Å². The zero-order valence-corrected chi connectivity index (χ0v) is 9.62. The maximum absolute atomic E-state index is 6.27. The first-order chi connectivity index (χ1) is 7.15. The van der Waals surface area contributed by atoms with Crippen LogP contribution in [-0.4, -0.2) is 17.5 Å². The van der Waals surface area contributed by atoms with Gasteiger partial charge in [0, 0.05) is 6.42 Å². The number of fused-ring (bicyclic) bond motifs is 1. The van der Waals surface area contributed by atoms with Crippen LogP contribution in [0.25, 0.3) is 0 Å².